The van der Waals surface area contributed by atoms with Crippen molar-refractivity contribution in [2.24, 2.45) is 0 Å². The summed E-state index contributed by atoms with van der Waals surface area (Å²) in [5.41, 5.74) is 1.41. The average Bonchev–Trinajstić information content (AvgIpc) is 2.37. The third-order valence-corrected chi connectivity index (χ3v) is 4.21. The van der Waals surface area contributed by atoms with Crippen molar-refractivity contribution in [3.8, 4) is 0 Å². The van der Waals surface area contributed by atoms with Crippen molar-refractivity contribution in [3.05, 3.63) is 66.0 Å². The lowest BCUT2D eigenvalue weighted by Crippen LogP contribution is -2.04. The van der Waals surface area contributed by atoms with Gasteiger partial charge in [-0.05, 0) is 56.1 Å². The molecule has 0 heterocycles. The SMILES string of the molecule is O=[N+]([O-])c1ccc(Cl)cc1CNc1c(Br)cccc1Br. The zero-order valence-corrected chi connectivity index (χ0v) is 14.0. The number of halogens is 3. The first kappa shape index (κ1) is 15.3. The van der Waals surface area contributed by atoms with E-state index in [2.05, 4.69) is 37.2 Å². The van der Waals surface area contributed by atoms with E-state index in [1.54, 1.807) is 6.07 Å². The van der Waals surface area contributed by atoms with E-state index >= 15 is 0 Å². The van der Waals surface area contributed by atoms with Crippen LogP contribution in [0, 0.1) is 10.1 Å². The van der Waals surface area contributed by atoms with Gasteiger partial charge in [0.05, 0.1) is 16.2 Å². The normalized spacial score (nSPS) is 10.3. The Morgan fingerprint density at radius 2 is 1.85 bits per heavy atom. The quantitative estimate of drug-likeness (QED) is 0.533. The van der Waals surface area contributed by atoms with E-state index in [4.69, 9.17) is 11.6 Å². The summed E-state index contributed by atoms with van der Waals surface area (Å²) in [7, 11) is 0. The molecule has 0 saturated heterocycles. The molecule has 0 aliphatic carbocycles. The lowest BCUT2D eigenvalue weighted by molar-refractivity contribution is -0.385. The minimum Gasteiger partial charge on any atom is -0.379 e. The molecule has 0 amide bonds. The number of nitrogens with zero attached hydrogens (tertiary/aromatic N) is 1. The molecule has 2 rings (SSSR count). The molecule has 2 aromatic rings. The van der Waals surface area contributed by atoms with E-state index in [-0.39, 0.29) is 5.69 Å². The topological polar surface area (TPSA) is 55.2 Å². The molecule has 0 spiro atoms. The van der Waals surface area contributed by atoms with Crippen molar-refractivity contribution in [2.75, 3.05) is 5.32 Å². The van der Waals surface area contributed by atoms with Crippen molar-refractivity contribution in [3.63, 3.8) is 0 Å². The summed E-state index contributed by atoms with van der Waals surface area (Å²) in [6, 6.07) is 10.2. The number of nitrogens with one attached hydrogen (secondary N) is 1. The van der Waals surface area contributed by atoms with E-state index in [9.17, 15) is 10.1 Å². The molecule has 0 aliphatic heterocycles. The van der Waals surface area contributed by atoms with Gasteiger partial charge in [0, 0.05) is 26.6 Å². The van der Waals surface area contributed by atoms with Crippen LogP contribution < -0.4 is 5.32 Å². The van der Waals surface area contributed by atoms with Gasteiger partial charge < -0.3 is 5.32 Å². The zero-order valence-electron chi connectivity index (χ0n) is 10.1. The maximum absolute atomic E-state index is 11.0. The van der Waals surface area contributed by atoms with Crippen molar-refractivity contribution in [2.45, 2.75) is 6.54 Å². The van der Waals surface area contributed by atoms with Gasteiger partial charge in [0.1, 0.15) is 0 Å². The highest BCUT2D eigenvalue weighted by molar-refractivity contribution is 9.11. The standard InChI is InChI=1S/C13H9Br2ClN2O2/c14-10-2-1-3-11(15)13(10)17-7-8-6-9(16)4-5-12(8)18(19)20/h1-6,17H,7H2. The van der Waals surface area contributed by atoms with Crippen LogP contribution in [0.15, 0.2) is 45.3 Å². The molecular formula is C13H9Br2ClN2O2. The van der Waals surface area contributed by atoms with Gasteiger partial charge in [0.25, 0.3) is 5.69 Å². The number of hydrogen-bond acceptors (Lipinski definition) is 3. The van der Waals surface area contributed by atoms with Crippen LogP contribution in [0.3, 0.4) is 0 Å². The van der Waals surface area contributed by atoms with Crippen molar-refractivity contribution in [1.82, 2.24) is 0 Å². The van der Waals surface area contributed by atoms with Crippen LogP contribution in [0.1, 0.15) is 5.56 Å². The number of anilines is 1. The summed E-state index contributed by atoms with van der Waals surface area (Å²) in [5, 5.41) is 14.6. The Morgan fingerprint density at radius 3 is 2.45 bits per heavy atom. The van der Waals surface area contributed by atoms with E-state index in [1.165, 1.54) is 12.1 Å². The minimum atomic E-state index is -0.414. The summed E-state index contributed by atoms with van der Waals surface area (Å²) < 4.78 is 1.74. The van der Waals surface area contributed by atoms with Crippen molar-refractivity contribution in [1.29, 1.82) is 0 Å². The minimum absolute atomic E-state index is 0.0464. The summed E-state index contributed by atoms with van der Waals surface area (Å²) >= 11 is 12.8. The van der Waals surface area contributed by atoms with Gasteiger partial charge in [0.15, 0.2) is 0 Å². The molecule has 4 nitrogen and oxygen atoms in total. The second-order valence-corrected chi connectivity index (χ2v) is 6.13. The van der Waals surface area contributed by atoms with Crippen molar-refractivity contribution < 1.29 is 4.92 Å². The molecule has 0 aromatic heterocycles. The van der Waals surface area contributed by atoms with E-state index in [1.807, 2.05) is 18.2 Å². The molecule has 20 heavy (non-hydrogen) atoms. The highest BCUT2D eigenvalue weighted by atomic mass is 79.9. The first-order valence-corrected chi connectivity index (χ1v) is 7.56. The largest absolute Gasteiger partial charge is 0.379 e. The third-order valence-electron chi connectivity index (χ3n) is 2.66. The predicted molar refractivity (Wildman–Crippen MR) is 87.3 cm³/mol. The second kappa shape index (κ2) is 6.56. The molecule has 0 radical (unpaired) electrons. The molecule has 7 heteroatoms. The fourth-order valence-corrected chi connectivity index (χ4v) is 3.20. The van der Waals surface area contributed by atoms with Crippen LogP contribution in [0.5, 0.6) is 0 Å². The van der Waals surface area contributed by atoms with Crippen LogP contribution in [-0.4, -0.2) is 4.92 Å². The molecular weight excluding hydrogens is 411 g/mol. The smallest absolute Gasteiger partial charge is 0.274 e. The predicted octanol–water partition coefficient (Wildman–Crippen LogP) is 5.39. The lowest BCUT2D eigenvalue weighted by atomic mass is 10.1. The molecule has 0 unspecified atom stereocenters. The van der Waals surface area contributed by atoms with Crippen LogP contribution in [-0.2, 0) is 6.54 Å². The molecule has 0 saturated carbocycles. The fourth-order valence-electron chi connectivity index (χ4n) is 1.72. The number of nitro benzene ring substituents is 1. The van der Waals surface area contributed by atoms with Crippen LogP contribution in [0.2, 0.25) is 5.02 Å². The van der Waals surface area contributed by atoms with Gasteiger partial charge in [0.2, 0.25) is 0 Å². The molecule has 2 aromatic carbocycles. The van der Waals surface area contributed by atoms with Gasteiger partial charge >= 0.3 is 0 Å². The Morgan fingerprint density at radius 1 is 1.20 bits per heavy atom. The highest BCUT2D eigenvalue weighted by Gasteiger charge is 2.14. The van der Waals surface area contributed by atoms with Gasteiger partial charge in [-0.1, -0.05) is 17.7 Å². The number of para-hydroxylation sites is 1. The first-order valence-electron chi connectivity index (χ1n) is 5.59. The van der Waals surface area contributed by atoms with Crippen molar-refractivity contribution >= 4 is 54.8 Å². The zero-order chi connectivity index (χ0) is 14.7. The van der Waals surface area contributed by atoms with Gasteiger partial charge in [-0.15, -0.1) is 0 Å². The molecule has 104 valence electrons. The Labute approximate surface area is 137 Å². The van der Waals surface area contributed by atoms with Gasteiger partial charge in [-0.25, -0.2) is 0 Å². The summed E-state index contributed by atoms with van der Waals surface area (Å²) in [6.45, 7) is 0.304. The van der Waals surface area contributed by atoms with Gasteiger partial charge in [-0.2, -0.15) is 0 Å². The lowest BCUT2D eigenvalue weighted by Gasteiger charge is -2.11. The Kier molecular flexibility index (Phi) is 5.01. The average molecular weight is 420 g/mol. The summed E-state index contributed by atoms with van der Waals surface area (Å²) in [5.74, 6) is 0. The van der Waals surface area contributed by atoms with E-state index in [0.717, 1.165) is 14.6 Å². The molecule has 0 fully saturated rings. The Hall–Kier alpha value is -1.11. The highest BCUT2D eigenvalue weighted by Crippen LogP contribution is 2.32. The van der Waals surface area contributed by atoms with Crippen LogP contribution in [0.4, 0.5) is 11.4 Å². The van der Waals surface area contributed by atoms with Crippen LogP contribution >= 0.6 is 43.5 Å². The fraction of sp³-hybridized carbons (Fsp3) is 0.0769. The van der Waals surface area contributed by atoms with E-state index in [0.29, 0.717) is 17.1 Å². The van der Waals surface area contributed by atoms with Crippen LogP contribution in [0.25, 0.3) is 0 Å². The molecule has 0 atom stereocenters. The monoisotopic (exact) mass is 418 g/mol. The maximum atomic E-state index is 11.0. The number of hydrogen-bond donors (Lipinski definition) is 1. The van der Waals surface area contributed by atoms with E-state index < -0.39 is 4.92 Å². The maximum Gasteiger partial charge on any atom is 0.274 e. The molecule has 1 N–H and O–H groups in total. The number of nitro groups is 1. The summed E-state index contributed by atoms with van der Waals surface area (Å²) in [6.07, 6.45) is 0. The second-order valence-electron chi connectivity index (χ2n) is 3.98. The number of benzene rings is 2. The molecule has 0 aliphatic rings. The Bertz CT molecular complexity index is 645. The molecule has 0 bridgehead atoms. The third kappa shape index (κ3) is 3.50. The number of rotatable bonds is 4. The first-order chi connectivity index (χ1) is 9.49. The van der Waals surface area contributed by atoms with Gasteiger partial charge in [-0.3, -0.25) is 10.1 Å². The summed E-state index contributed by atoms with van der Waals surface area (Å²) in [4.78, 5) is 10.6. The Balaban J connectivity index is 2.27.